The second-order valence-corrected chi connectivity index (χ2v) is 8.63. The predicted molar refractivity (Wildman–Crippen MR) is 102 cm³/mol. The van der Waals surface area contributed by atoms with Crippen molar-refractivity contribution in [1.82, 2.24) is 15.2 Å². The lowest BCUT2D eigenvalue weighted by atomic mass is 10.2. The topological polar surface area (TPSA) is 67.8 Å². The highest BCUT2D eigenvalue weighted by atomic mass is 35.5. The van der Waals surface area contributed by atoms with Crippen LogP contribution >= 0.6 is 46.0 Å². The zero-order valence-electron chi connectivity index (χ0n) is 12.9. The fourth-order valence-corrected chi connectivity index (χ4v) is 4.74. The maximum Gasteiger partial charge on any atom is 0.269 e. The second kappa shape index (κ2) is 7.60. The van der Waals surface area contributed by atoms with Gasteiger partial charge in [-0.2, -0.15) is 0 Å². The van der Waals surface area contributed by atoms with Gasteiger partial charge in [-0.1, -0.05) is 53.8 Å². The molecule has 124 valence electrons. The standard InChI is InChI=1S/C15H13ClN4OS3/c1-3-22-15-20-19-14(24-15)18-12(21)11-8(2)17-13(23-11)9-5-4-6-10(16)7-9/h4-7H,3H2,1-2H3,(H,18,19,21). The van der Waals surface area contributed by atoms with E-state index in [1.807, 2.05) is 32.0 Å². The van der Waals surface area contributed by atoms with E-state index in [0.29, 0.717) is 20.7 Å². The molecule has 3 aromatic rings. The molecule has 0 atom stereocenters. The number of carbonyl (C=O) groups excluding carboxylic acids is 1. The van der Waals surface area contributed by atoms with E-state index in [2.05, 4.69) is 20.5 Å². The molecule has 5 nitrogen and oxygen atoms in total. The first-order chi connectivity index (χ1) is 11.6. The first-order valence-corrected chi connectivity index (χ1v) is 10.1. The minimum absolute atomic E-state index is 0.220. The molecule has 0 unspecified atom stereocenters. The smallest absolute Gasteiger partial charge is 0.269 e. The Morgan fingerprint density at radius 3 is 2.92 bits per heavy atom. The van der Waals surface area contributed by atoms with Gasteiger partial charge in [0.15, 0.2) is 4.34 Å². The van der Waals surface area contributed by atoms with E-state index in [-0.39, 0.29) is 5.91 Å². The Bertz CT molecular complexity index is 877. The summed E-state index contributed by atoms with van der Waals surface area (Å²) in [7, 11) is 0. The number of anilines is 1. The molecule has 9 heteroatoms. The van der Waals surface area contributed by atoms with Crippen LogP contribution in [0, 0.1) is 6.92 Å². The number of nitrogens with one attached hydrogen (secondary N) is 1. The van der Waals surface area contributed by atoms with E-state index in [0.717, 1.165) is 20.7 Å². The van der Waals surface area contributed by atoms with Crippen molar-refractivity contribution < 1.29 is 4.79 Å². The lowest BCUT2D eigenvalue weighted by Crippen LogP contribution is -2.11. The molecule has 1 aromatic carbocycles. The number of thiazole rings is 1. The summed E-state index contributed by atoms with van der Waals surface area (Å²) in [5.74, 6) is 0.696. The third-order valence-electron chi connectivity index (χ3n) is 2.97. The van der Waals surface area contributed by atoms with E-state index in [1.165, 1.54) is 22.7 Å². The molecule has 0 radical (unpaired) electrons. The van der Waals surface area contributed by atoms with Gasteiger partial charge in [-0.05, 0) is 24.8 Å². The third-order valence-corrected chi connectivity index (χ3v) is 6.26. The molecule has 0 bridgehead atoms. The van der Waals surface area contributed by atoms with Crippen molar-refractivity contribution >= 4 is 57.1 Å². The summed E-state index contributed by atoms with van der Waals surface area (Å²) in [4.78, 5) is 17.5. The number of thioether (sulfide) groups is 1. The second-order valence-electron chi connectivity index (χ2n) is 4.70. The summed E-state index contributed by atoms with van der Waals surface area (Å²) < 4.78 is 0.841. The molecule has 0 aliphatic rings. The summed E-state index contributed by atoms with van der Waals surface area (Å²) in [5, 5.41) is 12.7. The van der Waals surface area contributed by atoms with E-state index in [9.17, 15) is 4.79 Å². The average molecular weight is 397 g/mol. The van der Waals surface area contributed by atoms with Crippen molar-refractivity contribution in [2.45, 2.75) is 18.2 Å². The Morgan fingerprint density at radius 1 is 1.33 bits per heavy atom. The van der Waals surface area contributed by atoms with Gasteiger partial charge < -0.3 is 0 Å². The van der Waals surface area contributed by atoms with Crippen molar-refractivity contribution in [2.75, 3.05) is 11.1 Å². The van der Waals surface area contributed by atoms with Gasteiger partial charge in [-0.3, -0.25) is 10.1 Å². The summed E-state index contributed by atoms with van der Waals surface area (Å²) in [6.45, 7) is 3.86. The molecule has 0 saturated carbocycles. The van der Waals surface area contributed by atoms with Crippen molar-refractivity contribution in [3.05, 3.63) is 39.9 Å². The molecule has 3 rings (SSSR count). The lowest BCUT2D eigenvalue weighted by Gasteiger charge is -1.98. The highest BCUT2D eigenvalue weighted by Crippen LogP contribution is 2.31. The zero-order valence-corrected chi connectivity index (χ0v) is 16.1. The van der Waals surface area contributed by atoms with E-state index >= 15 is 0 Å². The number of benzene rings is 1. The zero-order chi connectivity index (χ0) is 17.1. The number of rotatable bonds is 5. The van der Waals surface area contributed by atoms with E-state index in [1.54, 1.807) is 17.8 Å². The Morgan fingerprint density at radius 2 is 2.17 bits per heavy atom. The van der Waals surface area contributed by atoms with Gasteiger partial charge in [0.25, 0.3) is 5.91 Å². The van der Waals surface area contributed by atoms with Gasteiger partial charge >= 0.3 is 0 Å². The van der Waals surface area contributed by atoms with Crippen molar-refractivity contribution in [3.63, 3.8) is 0 Å². The van der Waals surface area contributed by atoms with Crippen LogP contribution in [0.4, 0.5) is 5.13 Å². The third kappa shape index (κ3) is 3.94. The van der Waals surface area contributed by atoms with E-state index < -0.39 is 0 Å². The molecule has 1 N–H and O–H groups in total. The number of carbonyl (C=O) groups is 1. The molecular formula is C15H13ClN4OS3. The van der Waals surface area contributed by atoms with E-state index in [4.69, 9.17) is 11.6 Å². The minimum Gasteiger partial charge on any atom is -0.296 e. The van der Waals surface area contributed by atoms with Crippen LogP contribution in [0.3, 0.4) is 0 Å². The van der Waals surface area contributed by atoms with Crippen LogP contribution in [0.1, 0.15) is 22.3 Å². The summed E-state index contributed by atoms with van der Waals surface area (Å²) in [6.07, 6.45) is 0. The monoisotopic (exact) mass is 396 g/mol. The Hall–Kier alpha value is -1.48. The van der Waals surface area contributed by atoms with Crippen LogP contribution in [0.5, 0.6) is 0 Å². The maximum atomic E-state index is 12.5. The molecule has 2 heterocycles. The number of hydrogen-bond acceptors (Lipinski definition) is 7. The molecule has 0 saturated heterocycles. The van der Waals surface area contributed by atoms with Gasteiger partial charge in [-0.15, -0.1) is 21.5 Å². The lowest BCUT2D eigenvalue weighted by molar-refractivity contribution is 0.102. The molecule has 2 aromatic heterocycles. The van der Waals surface area contributed by atoms with Crippen molar-refractivity contribution in [3.8, 4) is 10.6 Å². The molecule has 1 amide bonds. The quantitative estimate of drug-likeness (QED) is 0.486. The van der Waals surface area contributed by atoms with Crippen LogP contribution < -0.4 is 5.32 Å². The Labute approximate surface area is 156 Å². The minimum atomic E-state index is -0.220. The average Bonchev–Trinajstić information content (AvgIpc) is 3.14. The van der Waals surface area contributed by atoms with Crippen LogP contribution in [0.15, 0.2) is 28.6 Å². The molecule has 0 fully saturated rings. The van der Waals surface area contributed by atoms with Crippen LogP contribution in [0.2, 0.25) is 5.02 Å². The van der Waals surface area contributed by atoms with Crippen LogP contribution in [-0.2, 0) is 0 Å². The van der Waals surface area contributed by atoms with Gasteiger partial charge in [0.05, 0.1) is 5.69 Å². The van der Waals surface area contributed by atoms with Crippen LogP contribution in [0.25, 0.3) is 10.6 Å². The fourth-order valence-electron chi connectivity index (χ4n) is 1.95. The highest BCUT2D eigenvalue weighted by Gasteiger charge is 2.18. The maximum absolute atomic E-state index is 12.5. The van der Waals surface area contributed by atoms with Gasteiger partial charge in [0.1, 0.15) is 9.88 Å². The predicted octanol–water partition coefficient (Wildman–Crippen LogP) is 4.99. The SMILES string of the molecule is CCSc1nnc(NC(=O)c2sc(-c3cccc(Cl)c3)nc2C)s1. The van der Waals surface area contributed by atoms with Gasteiger partial charge in [0.2, 0.25) is 5.13 Å². The van der Waals surface area contributed by atoms with Crippen molar-refractivity contribution in [2.24, 2.45) is 0 Å². The van der Waals surface area contributed by atoms with Gasteiger partial charge in [0, 0.05) is 10.6 Å². The Kier molecular flexibility index (Phi) is 5.50. The Balaban J connectivity index is 1.80. The molecule has 24 heavy (non-hydrogen) atoms. The number of aryl methyl sites for hydroxylation is 1. The number of aromatic nitrogens is 3. The number of amides is 1. The fraction of sp³-hybridized carbons (Fsp3) is 0.200. The molecule has 0 aliphatic carbocycles. The number of halogens is 1. The number of hydrogen-bond donors (Lipinski definition) is 1. The summed E-state index contributed by atoms with van der Waals surface area (Å²) in [6, 6.07) is 7.42. The summed E-state index contributed by atoms with van der Waals surface area (Å²) in [5.41, 5.74) is 1.58. The normalized spacial score (nSPS) is 10.8. The molecule has 0 spiro atoms. The van der Waals surface area contributed by atoms with Gasteiger partial charge in [-0.25, -0.2) is 4.98 Å². The summed E-state index contributed by atoms with van der Waals surface area (Å²) >= 11 is 10.3. The van der Waals surface area contributed by atoms with Crippen molar-refractivity contribution in [1.29, 1.82) is 0 Å². The van der Waals surface area contributed by atoms with Crippen LogP contribution in [-0.4, -0.2) is 26.8 Å². The number of nitrogens with zero attached hydrogens (tertiary/aromatic N) is 3. The first kappa shape index (κ1) is 17.3. The first-order valence-electron chi connectivity index (χ1n) is 7.08. The largest absolute Gasteiger partial charge is 0.296 e. The highest BCUT2D eigenvalue weighted by molar-refractivity contribution is 8.01. The molecular weight excluding hydrogens is 384 g/mol. The molecule has 0 aliphatic heterocycles.